The van der Waals surface area contributed by atoms with Crippen molar-refractivity contribution in [3.63, 3.8) is 0 Å². The van der Waals surface area contributed by atoms with Crippen molar-refractivity contribution in [2.24, 2.45) is 0 Å². The maximum absolute atomic E-state index is 11.8. The van der Waals surface area contributed by atoms with Gasteiger partial charge in [0.15, 0.2) is 0 Å². The van der Waals surface area contributed by atoms with E-state index >= 15 is 0 Å². The normalized spacial score (nSPS) is 10.2. The van der Waals surface area contributed by atoms with Gasteiger partial charge in [0.25, 0.3) is 5.91 Å². The number of amides is 1. The van der Waals surface area contributed by atoms with E-state index in [4.69, 9.17) is 5.11 Å². The Kier molecular flexibility index (Phi) is 3.56. The van der Waals surface area contributed by atoms with Gasteiger partial charge in [-0.25, -0.2) is 9.78 Å². The molecule has 2 aromatic rings. The highest BCUT2D eigenvalue weighted by molar-refractivity contribution is 5.94. The van der Waals surface area contributed by atoms with E-state index in [1.165, 1.54) is 25.3 Å². The third-order valence-corrected chi connectivity index (χ3v) is 2.47. The van der Waals surface area contributed by atoms with Crippen molar-refractivity contribution in [3.05, 3.63) is 47.1 Å². The van der Waals surface area contributed by atoms with E-state index in [2.05, 4.69) is 20.0 Å². The molecular formula is C12H11N3O4. The zero-order valence-corrected chi connectivity index (χ0v) is 10.1. The van der Waals surface area contributed by atoms with Crippen LogP contribution in [0.25, 0.3) is 0 Å². The average molecular weight is 261 g/mol. The molecule has 0 unspecified atom stereocenters. The van der Waals surface area contributed by atoms with Gasteiger partial charge in [0.05, 0.1) is 17.8 Å². The number of carbonyl (C=O) groups is 2. The summed E-state index contributed by atoms with van der Waals surface area (Å²) in [7, 11) is 0. The number of carboxylic acids is 1. The SMILES string of the molecule is Cc1nc(C(=O)NCc2ccon2)ccc1C(=O)O. The van der Waals surface area contributed by atoms with Crippen LogP contribution in [-0.2, 0) is 6.54 Å². The summed E-state index contributed by atoms with van der Waals surface area (Å²) in [4.78, 5) is 26.6. The molecule has 0 aliphatic rings. The predicted molar refractivity (Wildman–Crippen MR) is 63.6 cm³/mol. The monoisotopic (exact) mass is 261 g/mol. The van der Waals surface area contributed by atoms with Crippen LogP contribution >= 0.6 is 0 Å². The van der Waals surface area contributed by atoms with Gasteiger partial charge in [-0.3, -0.25) is 4.79 Å². The molecule has 7 nitrogen and oxygen atoms in total. The first kappa shape index (κ1) is 12.7. The third-order valence-electron chi connectivity index (χ3n) is 2.47. The van der Waals surface area contributed by atoms with Crippen molar-refractivity contribution >= 4 is 11.9 Å². The number of nitrogens with one attached hydrogen (secondary N) is 1. The molecule has 0 aliphatic heterocycles. The van der Waals surface area contributed by atoms with Gasteiger partial charge in [0, 0.05) is 6.07 Å². The first-order valence-electron chi connectivity index (χ1n) is 5.46. The fraction of sp³-hybridized carbons (Fsp3) is 0.167. The van der Waals surface area contributed by atoms with Crippen LogP contribution in [-0.4, -0.2) is 27.1 Å². The first-order valence-corrected chi connectivity index (χ1v) is 5.46. The smallest absolute Gasteiger partial charge is 0.337 e. The van der Waals surface area contributed by atoms with Gasteiger partial charge in [-0.1, -0.05) is 5.16 Å². The maximum atomic E-state index is 11.8. The topological polar surface area (TPSA) is 105 Å². The number of hydrogen-bond donors (Lipinski definition) is 2. The minimum Gasteiger partial charge on any atom is -0.478 e. The lowest BCUT2D eigenvalue weighted by Crippen LogP contribution is -2.24. The Morgan fingerprint density at radius 3 is 2.74 bits per heavy atom. The largest absolute Gasteiger partial charge is 0.478 e. The summed E-state index contributed by atoms with van der Waals surface area (Å²) in [5.74, 6) is -1.47. The number of carboxylic acid groups (broad SMARTS) is 1. The van der Waals surface area contributed by atoms with Crippen LogP contribution in [0, 0.1) is 6.92 Å². The molecule has 1 amide bonds. The summed E-state index contributed by atoms with van der Waals surface area (Å²) < 4.78 is 4.63. The van der Waals surface area contributed by atoms with Crippen molar-refractivity contribution in [1.29, 1.82) is 0 Å². The zero-order chi connectivity index (χ0) is 13.8. The summed E-state index contributed by atoms with van der Waals surface area (Å²) in [6.07, 6.45) is 1.41. The van der Waals surface area contributed by atoms with Crippen molar-refractivity contribution in [2.75, 3.05) is 0 Å². The van der Waals surface area contributed by atoms with Crippen LogP contribution in [0.15, 0.2) is 29.0 Å². The molecule has 0 aromatic carbocycles. The molecule has 0 fully saturated rings. The molecular weight excluding hydrogens is 250 g/mol. The van der Waals surface area contributed by atoms with Crippen LogP contribution in [0.2, 0.25) is 0 Å². The van der Waals surface area contributed by atoms with Crippen molar-refractivity contribution in [3.8, 4) is 0 Å². The van der Waals surface area contributed by atoms with Gasteiger partial charge in [-0.15, -0.1) is 0 Å². The second-order valence-electron chi connectivity index (χ2n) is 3.81. The van der Waals surface area contributed by atoms with E-state index in [9.17, 15) is 9.59 Å². The van der Waals surface area contributed by atoms with Crippen LogP contribution in [0.3, 0.4) is 0 Å². The Balaban J connectivity index is 2.07. The van der Waals surface area contributed by atoms with E-state index in [-0.39, 0.29) is 17.8 Å². The van der Waals surface area contributed by atoms with Crippen molar-refractivity contribution in [2.45, 2.75) is 13.5 Å². The molecule has 2 N–H and O–H groups in total. The number of aromatic nitrogens is 2. The highest BCUT2D eigenvalue weighted by Crippen LogP contribution is 2.07. The number of nitrogens with zero attached hydrogens (tertiary/aromatic N) is 2. The van der Waals surface area contributed by atoms with Gasteiger partial charge in [0.2, 0.25) is 0 Å². The van der Waals surface area contributed by atoms with Crippen LogP contribution in [0.4, 0.5) is 0 Å². The molecule has 0 saturated heterocycles. The van der Waals surface area contributed by atoms with E-state index in [1.807, 2.05) is 0 Å². The quantitative estimate of drug-likeness (QED) is 0.850. The second kappa shape index (κ2) is 5.30. The van der Waals surface area contributed by atoms with Crippen molar-refractivity contribution in [1.82, 2.24) is 15.5 Å². The molecule has 0 radical (unpaired) electrons. The number of aryl methyl sites for hydroxylation is 1. The molecule has 0 atom stereocenters. The maximum Gasteiger partial charge on any atom is 0.337 e. The van der Waals surface area contributed by atoms with Crippen LogP contribution < -0.4 is 5.32 Å². The lowest BCUT2D eigenvalue weighted by atomic mass is 10.2. The zero-order valence-electron chi connectivity index (χ0n) is 10.1. The molecule has 0 aliphatic carbocycles. The Hall–Kier alpha value is -2.70. The summed E-state index contributed by atoms with van der Waals surface area (Å²) in [5, 5.41) is 15.1. The highest BCUT2D eigenvalue weighted by Gasteiger charge is 2.13. The second-order valence-corrected chi connectivity index (χ2v) is 3.81. The third kappa shape index (κ3) is 2.95. The standard InChI is InChI=1S/C12H11N3O4/c1-7-9(12(17)18)2-3-10(14-7)11(16)13-6-8-4-5-19-15-8/h2-5H,6H2,1H3,(H,13,16)(H,17,18). The van der Waals surface area contributed by atoms with Gasteiger partial charge in [0.1, 0.15) is 17.7 Å². The minimum absolute atomic E-state index is 0.0769. The first-order chi connectivity index (χ1) is 9.08. The molecule has 98 valence electrons. The number of rotatable bonds is 4. The Morgan fingerprint density at radius 2 is 2.16 bits per heavy atom. The summed E-state index contributed by atoms with van der Waals surface area (Å²) >= 11 is 0. The molecule has 19 heavy (non-hydrogen) atoms. The summed E-state index contributed by atoms with van der Waals surface area (Å²) in [5.41, 5.74) is 1.12. The Labute approximate surface area is 108 Å². The Bertz CT molecular complexity index is 607. The van der Waals surface area contributed by atoms with E-state index in [0.717, 1.165) is 0 Å². The van der Waals surface area contributed by atoms with Crippen LogP contribution in [0.5, 0.6) is 0 Å². The minimum atomic E-state index is -1.07. The lowest BCUT2D eigenvalue weighted by Gasteiger charge is -2.05. The average Bonchev–Trinajstić information content (AvgIpc) is 2.88. The number of pyridine rings is 1. The Morgan fingerprint density at radius 1 is 1.37 bits per heavy atom. The highest BCUT2D eigenvalue weighted by atomic mass is 16.5. The van der Waals surface area contributed by atoms with Crippen LogP contribution in [0.1, 0.15) is 32.2 Å². The van der Waals surface area contributed by atoms with Gasteiger partial charge in [-0.05, 0) is 19.1 Å². The molecule has 2 heterocycles. The number of carbonyl (C=O) groups excluding carboxylic acids is 1. The fourth-order valence-corrected chi connectivity index (χ4v) is 1.50. The van der Waals surface area contributed by atoms with Gasteiger partial charge < -0.3 is 14.9 Å². The number of aromatic carboxylic acids is 1. The van der Waals surface area contributed by atoms with E-state index in [1.54, 1.807) is 6.07 Å². The van der Waals surface area contributed by atoms with Crippen molar-refractivity contribution < 1.29 is 19.2 Å². The van der Waals surface area contributed by atoms with E-state index < -0.39 is 11.9 Å². The fourth-order valence-electron chi connectivity index (χ4n) is 1.50. The molecule has 2 rings (SSSR count). The van der Waals surface area contributed by atoms with E-state index in [0.29, 0.717) is 11.4 Å². The molecule has 0 saturated carbocycles. The van der Waals surface area contributed by atoms with Gasteiger partial charge >= 0.3 is 5.97 Å². The predicted octanol–water partition coefficient (Wildman–Crippen LogP) is 1.01. The number of hydrogen-bond acceptors (Lipinski definition) is 5. The molecule has 0 bridgehead atoms. The summed E-state index contributed by atoms with van der Waals surface area (Å²) in [6.45, 7) is 1.76. The summed E-state index contributed by atoms with van der Waals surface area (Å²) in [6, 6.07) is 4.36. The molecule has 2 aromatic heterocycles. The molecule has 7 heteroatoms. The molecule has 0 spiro atoms. The lowest BCUT2D eigenvalue weighted by molar-refractivity contribution is 0.0694. The van der Waals surface area contributed by atoms with Gasteiger partial charge in [-0.2, -0.15) is 0 Å².